The summed E-state index contributed by atoms with van der Waals surface area (Å²) in [4.78, 5) is 21.7. The zero-order chi connectivity index (χ0) is 24.1. The van der Waals surface area contributed by atoms with Crippen molar-refractivity contribution in [2.75, 3.05) is 35.7 Å². The average Bonchev–Trinajstić information content (AvgIpc) is 3.21. The monoisotopic (exact) mass is 471 g/mol. The number of pyridine rings is 2. The Morgan fingerprint density at radius 3 is 2.76 bits per heavy atom. The topological polar surface area (TPSA) is 123 Å². The molecule has 1 saturated heterocycles. The SMILES string of the molecule is Cc1c(-c2cc3cc(N(C(=O)O)[C@H]4COC[C@H]4C)ncc3c(N)c2F)cnc2c1NC[C@@H](F)O2. The summed E-state index contributed by atoms with van der Waals surface area (Å²) in [5, 5.41) is 13.7. The molecular weight excluding hydrogens is 448 g/mol. The van der Waals surface area contributed by atoms with Gasteiger partial charge in [-0.25, -0.2) is 19.2 Å². The molecule has 1 aromatic carbocycles. The lowest BCUT2D eigenvalue weighted by Crippen LogP contribution is -2.43. The van der Waals surface area contributed by atoms with Crippen LogP contribution in [0.25, 0.3) is 21.9 Å². The van der Waals surface area contributed by atoms with Gasteiger partial charge in [0.15, 0.2) is 5.82 Å². The van der Waals surface area contributed by atoms with Crippen LogP contribution in [-0.4, -0.2) is 53.3 Å². The molecule has 4 N–H and O–H groups in total. The smallest absolute Gasteiger partial charge is 0.413 e. The summed E-state index contributed by atoms with van der Waals surface area (Å²) in [5.41, 5.74) is 7.73. The van der Waals surface area contributed by atoms with Crippen LogP contribution < -0.4 is 20.7 Å². The molecule has 1 amide bonds. The van der Waals surface area contributed by atoms with Gasteiger partial charge in [0.25, 0.3) is 6.36 Å². The Bertz CT molecular complexity index is 1300. The lowest BCUT2D eigenvalue weighted by molar-refractivity contribution is 0.0688. The van der Waals surface area contributed by atoms with Crippen LogP contribution in [0.3, 0.4) is 0 Å². The Kier molecular flexibility index (Phi) is 5.35. The number of halogens is 2. The number of nitrogens with zero attached hydrogens (tertiary/aromatic N) is 3. The summed E-state index contributed by atoms with van der Waals surface area (Å²) in [6.07, 6.45) is 0.101. The van der Waals surface area contributed by atoms with E-state index in [2.05, 4.69) is 15.3 Å². The molecule has 0 radical (unpaired) electrons. The predicted octanol–water partition coefficient (Wildman–Crippen LogP) is 3.95. The minimum absolute atomic E-state index is 0.00898. The third-order valence-electron chi connectivity index (χ3n) is 6.37. The van der Waals surface area contributed by atoms with Gasteiger partial charge in [0.1, 0.15) is 11.5 Å². The third-order valence-corrected chi connectivity index (χ3v) is 6.37. The summed E-state index contributed by atoms with van der Waals surface area (Å²) < 4.78 is 39.5. The van der Waals surface area contributed by atoms with Crippen molar-refractivity contribution < 1.29 is 28.2 Å². The summed E-state index contributed by atoms with van der Waals surface area (Å²) in [6, 6.07) is 2.76. The van der Waals surface area contributed by atoms with E-state index in [1.807, 2.05) is 6.92 Å². The van der Waals surface area contributed by atoms with E-state index in [-0.39, 0.29) is 42.0 Å². The molecule has 11 heteroatoms. The van der Waals surface area contributed by atoms with E-state index in [9.17, 15) is 14.3 Å². The number of amides is 1. The zero-order valence-corrected chi connectivity index (χ0v) is 18.5. The molecule has 3 atom stereocenters. The molecule has 9 nitrogen and oxygen atoms in total. The van der Waals surface area contributed by atoms with Crippen molar-refractivity contribution in [3.63, 3.8) is 0 Å². The first-order valence-electron chi connectivity index (χ1n) is 10.8. The Labute approximate surface area is 193 Å². The number of alkyl halides is 1. The third kappa shape index (κ3) is 3.52. The zero-order valence-electron chi connectivity index (χ0n) is 18.5. The number of nitrogen functional groups attached to an aromatic ring is 1. The highest BCUT2D eigenvalue weighted by Gasteiger charge is 2.35. The average molecular weight is 471 g/mol. The largest absolute Gasteiger partial charge is 0.465 e. The van der Waals surface area contributed by atoms with Gasteiger partial charge in [-0.1, -0.05) is 6.92 Å². The number of anilines is 3. The van der Waals surface area contributed by atoms with Crippen molar-refractivity contribution in [3.8, 4) is 17.0 Å². The van der Waals surface area contributed by atoms with Crippen LogP contribution in [-0.2, 0) is 4.74 Å². The molecule has 2 aromatic heterocycles. The Balaban J connectivity index is 1.63. The van der Waals surface area contributed by atoms with E-state index in [0.717, 1.165) is 0 Å². The Morgan fingerprint density at radius 2 is 2.06 bits per heavy atom. The number of carbonyl (C=O) groups is 1. The molecule has 0 bridgehead atoms. The maximum absolute atomic E-state index is 15.4. The van der Waals surface area contributed by atoms with Crippen molar-refractivity contribution >= 4 is 34.1 Å². The second kappa shape index (κ2) is 8.24. The van der Waals surface area contributed by atoms with E-state index < -0.39 is 24.3 Å². The van der Waals surface area contributed by atoms with E-state index in [4.69, 9.17) is 15.2 Å². The highest BCUT2D eigenvalue weighted by atomic mass is 19.1. The molecule has 2 aliphatic rings. The molecule has 2 aliphatic heterocycles. The molecular formula is C23H23F2N5O4. The predicted molar refractivity (Wildman–Crippen MR) is 122 cm³/mol. The van der Waals surface area contributed by atoms with Crippen molar-refractivity contribution in [2.24, 2.45) is 5.92 Å². The number of carboxylic acid groups (broad SMARTS) is 1. The number of fused-ring (bicyclic) bond motifs is 2. The fourth-order valence-electron chi connectivity index (χ4n) is 4.50. The molecule has 0 saturated carbocycles. The summed E-state index contributed by atoms with van der Waals surface area (Å²) >= 11 is 0. The molecule has 3 aromatic rings. The molecule has 1 fully saturated rings. The van der Waals surface area contributed by atoms with Crippen LogP contribution in [0.1, 0.15) is 12.5 Å². The first-order valence-corrected chi connectivity index (χ1v) is 10.8. The number of ether oxygens (including phenoxy) is 2. The summed E-state index contributed by atoms with van der Waals surface area (Å²) in [6.45, 7) is 4.32. The second-order valence-electron chi connectivity index (χ2n) is 8.54. The highest BCUT2D eigenvalue weighted by Crippen LogP contribution is 2.40. The second-order valence-corrected chi connectivity index (χ2v) is 8.54. The van der Waals surface area contributed by atoms with Crippen molar-refractivity contribution in [1.29, 1.82) is 0 Å². The van der Waals surface area contributed by atoms with Crippen LogP contribution in [0.15, 0.2) is 24.5 Å². The highest BCUT2D eigenvalue weighted by molar-refractivity contribution is 5.99. The van der Waals surface area contributed by atoms with Gasteiger partial charge >= 0.3 is 6.09 Å². The quantitative estimate of drug-likeness (QED) is 0.491. The molecule has 34 heavy (non-hydrogen) atoms. The number of rotatable bonds is 3. The standard InChI is InChI=1S/C23H23F2N5O4/c1-10-8-33-9-16(10)30(23(31)32)18-4-12-3-13(19(25)20(26)15(12)6-27-18)14-5-29-22-21(11(14)2)28-7-17(24)34-22/h3-6,10,16-17,28H,7-9,26H2,1-2H3,(H,31,32)/t10-,16+,17+/m1/s1. The van der Waals surface area contributed by atoms with Crippen LogP contribution in [0.5, 0.6) is 5.88 Å². The number of hydrogen-bond acceptors (Lipinski definition) is 7. The minimum atomic E-state index is -1.52. The summed E-state index contributed by atoms with van der Waals surface area (Å²) in [5.74, 6) is -0.362. The van der Waals surface area contributed by atoms with Gasteiger partial charge in [0.2, 0.25) is 5.88 Å². The number of nitrogens with two attached hydrogens (primary N) is 1. The fraction of sp³-hybridized carbons (Fsp3) is 0.348. The van der Waals surface area contributed by atoms with E-state index in [1.54, 1.807) is 19.1 Å². The lowest BCUT2D eigenvalue weighted by Gasteiger charge is -2.27. The van der Waals surface area contributed by atoms with E-state index >= 15 is 4.39 Å². The molecule has 0 aliphatic carbocycles. The number of nitrogens with one attached hydrogen (secondary N) is 1. The molecule has 5 rings (SSSR count). The van der Waals surface area contributed by atoms with Gasteiger partial charge in [0.05, 0.1) is 31.5 Å². The maximum Gasteiger partial charge on any atom is 0.413 e. The van der Waals surface area contributed by atoms with Gasteiger partial charge < -0.3 is 25.6 Å². The lowest BCUT2D eigenvalue weighted by atomic mass is 9.97. The van der Waals surface area contributed by atoms with Crippen LogP contribution >= 0.6 is 0 Å². The number of aromatic nitrogens is 2. The van der Waals surface area contributed by atoms with Crippen molar-refractivity contribution in [3.05, 3.63) is 35.9 Å². The van der Waals surface area contributed by atoms with Gasteiger partial charge in [-0.2, -0.15) is 4.39 Å². The Hall–Kier alpha value is -3.73. The number of benzene rings is 1. The first-order chi connectivity index (χ1) is 16.3. The number of hydrogen-bond donors (Lipinski definition) is 3. The van der Waals surface area contributed by atoms with Crippen LogP contribution in [0, 0.1) is 18.7 Å². The Morgan fingerprint density at radius 1 is 1.26 bits per heavy atom. The normalized spacial score (nSPS) is 21.6. The molecule has 4 heterocycles. The van der Waals surface area contributed by atoms with E-state index in [1.165, 1.54) is 17.3 Å². The van der Waals surface area contributed by atoms with Crippen LogP contribution in [0.2, 0.25) is 0 Å². The first kappa shape index (κ1) is 22.1. The van der Waals surface area contributed by atoms with Gasteiger partial charge in [-0.15, -0.1) is 0 Å². The van der Waals surface area contributed by atoms with Crippen molar-refractivity contribution in [1.82, 2.24) is 9.97 Å². The molecule has 0 spiro atoms. The minimum Gasteiger partial charge on any atom is -0.465 e. The molecule has 178 valence electrons. The molecule has 0 unspecified atom stereocenters. The summed E-state index contributed by atoms with van der Waals surface area (Å²) in [7, 11) is 0. The fourth-order valence-corrected chi connectivity index (χ4v) is 4.50. The van der Waals surface area contributed by atoms with Crippen LogP contribution in [0.4, 0.5) is 30.8 Å². The van der Waals surface area contributed by atoms with E-state index in [0.29, 0.717) is 34.2 Å². The van der Waals surface area contributed by atoms with Gasteiger partial charge in [0, 0.05) is 34.8 Å². The van der Waals surface area contributed by atoms with Gasteiger partial charge in [-0.05, 0) is 30.0 Å². The van der Waals surface area contributed by atoms with Crippen molar-refractivity contribution in [2.45, 2.75) is 26.2 Å². The van der Waals surface area contributed by atoms with Gasteiger partial charge in [-0.3, -0.25) is 4.90 Å². The maximum atomic E-state index is 15.4.